The molecular formula is C23H35NO7. The van der Waals surface area contributed by atoms with Crippen LogP contribution in [0.3, 0.4) is 0 Å². The van der Waals surface area contributed by atoms with E-state index in [-0.39, 0.29) is 47.8 Å². The predicted molar refractivity (Wildman–Crippen MR) is 108 cm³/mol. The van der Waals surface area contributed by atoms with Crippen molar-refractivity contribution in [2.45, 2.75) is 80.2 Å². The van der Waals surface area contributed by atoms with Crippen LogP contribution in [0.4, 0.5) is 0 Å². The summed E-state index contributed by atoms with van der Waals surface area (Å²) in [4.78, 5) is 15.3. The zero-order chi connectivity index (χ0) is 22.1. The van der Waals surface area contributed by atoms with Crippen LogP contribution in [0, 0.1) is 29.1 Å². The van der Waals surface area contributed by atoms with E-state index in [0.29, 0.717) is 38.6 Å². The van der Waals surface area contributed by atoms with E-state index in [1.807, 2.05) is 6.92 Å². The minimum Gasteiger partial charge on any atom is -0.386 e. The number of carbonyl (C=O) groups excluding carboxylic acids is 1. The molecule has 3 N–H and O–H groups in total. The zero-order valence-electron chi connectivity index (χ0n) is 18.8. The summed E-state index contributed by atoms with van der Waals surface area (Å²) >= 11 is 0. The number of methoxy groups -OCH3 is 3. The Morgan fingerprint density at radius 1 is 1.06 bits per heavy atom. The van der Waals surface area contributed by atoms with Gasteiger partial charge in [0.2, 0.25) is 0 Å². The van der Waals surface area contributed by atoms with Crippen molar-refractivity contribution in [1.29, 1.82) is 0 Å². The molecule has 8 nitrogen and oxygen atoms in total. The molecule has 6 aliphatic rings. The summed E-state index contributed by atoms with van der Waals surface area (Å²) in [5, 5.41) is 36.6. The molecule has 1 aliphatic heterocycles. The monoisotopic (exact) mass is 437 g/mol. The Bertz CT molecular complexity index is 824. The predicted octanol–water partition coefficient (Wildman–Crippen LogP) is -0.0749. The Labute approximate surface area is 182 Å². The fourth-order valence-electron chi connectivity index (χ4n) is 10.1. The van der Waals surface area contributed by atoms with Crippen LogP contribution < -0.4 is 0 Å². The van der Waals surface area contributed by atoms with E-state index in [1.54, 1.807) is 26.2 Å². The highest BCUT2D eigenvalue weighted by Gasteiger charge is 2.89. The van der Waals surface area contributed by atoms with Crippen LogP contribution in [-0.2, 0) is 19.0 Å². The van der Waals surface area contributed by atoms with Gasteiger partial charge in [-0.2, -0.15) is 0 Å². The standard InChI is InChI=1S/C23H35NO7/c1-5-24-17-12-9-14-20(26,19(24)25)7-6-16(30-3)22(14,17)15-8-11-13(29-2)10-21(12,27)23(15,28)18(11)31-4/h11-18,26-28H,5-10H2,1-4H3/t11-,12+,13+,14+,15-,16+,17-,18+,20+,21+,22+,23+/m1/s1. The highest BCUT2D eigenvalue weighted by molar-refractivity contribution is 5.88. The van der Waals surface area contributed by atoms with Crippen molar-refractivity contribution < 1.29 is 34.3 Å². The molecule has 1 amide bonds. The molecule has 7 bridgehead atoms. The molecule has 6 rings (SSSR count). The molecule has 0 aromatic carbocycles. The first kappa shape index (κ1) is 20.8. The fraction of sp³-hybridized carbons (Fsp3) is 0.957. The van der Waals surface area contributed by atoms with Gasteiger partial charge in [-0.25, -0.2) is 0 Å². The van der Waals surface area contributed by atoms with Crippen molar-refractivity contribution in [3.63, 3.8) is 0 Å². The lowest BCUT2D eigenvalue weighted by Gasteiger charge is -2.69. The number of hydrogen-bond donors (Lipinski definition) is 3. The third-order valence-electron chi connectivity index (χ3n) is 10.8. The maximum atomic E-state index is 13.5. The van der Waals surface area contributed by atoms with E-state index in [9.17, 15) is 20.1 Å². The SMILES string of the molecule is CCN1C(=O)[C@]2(O)CC[C@H](OC)[C@@]34[C@H]5C[C@@H]6[C@@H](OC)C[C@](O)([C@@H](C[C@H]32)[C@@H]14)[C@@]5(O)[C@H]6OC. The van der Waals surface area contributed by atoms with Gasteiger partial charge in [0, 0.05) is 69.4 Å². The van der Waals surface area contributed by atoms with Gasteiger partial charge >= 0.3 is 0 Å². The molecule has 1 saturated heterocycles. The molecule has 6 fully saturated rings. The van der Waals surface area contributed by atoms with Gasteiger partial charge in [-0.1, -0.05) is 0 Å². The number of hydrogen-bond acceptors (Lipinski definition) is 7. The Morgan fingerprint density at radius 2 is 1.81 bits per heavy atom. The Morgan fingerprint density at radius 3 is 2.42 bits per heavy atom. The van der Waals surface area contributed by atoms with Gasteiger partial charge in [0.05, 0.1) is 18.3 Å². The van der Waals surface area contributed by atoms with Gasteiger partial charge < -0.3 is 34.4 Å². The number of aliphatic hydroxyl groups is 3. The first-order chi connectivity index (χ1) is 14.7. The van der Waals surface area contributed by atoms with Crippen molar-refractivity contribution in [2.24, 2.45) is 29.1 Å². The number of likely N-dealkylation sites (tertiary alicyclic amines) is 1. The van der Waals surface area contributed by atoms with Crippen LogP contribution in [0.1, 0.15) is 39.0 Å². The molecule has 8 heteroatoms. The van der Waals surface area contributed by atoms with E-state index in [0.717, 1.165) is 0 Å². The first-order valence-corrected chi connectivity index (χ1v) is 11.8. The average Bonchev–Trinajstić information content (AvgIpc) is 3.20. The van der Waals surface area contributed by atoms with Crippen LogP contribution in [-0.4, -0.2) is 95.2 Å². The van der Waals surface area contributed by atoms with Gasteiger partial charge in [-0.05, 0) is 32.6 Å². The van der Waals surface area contributed by atoms with Crippen molar-refractivity contribution >= 4 is 5.91 Å². The van der Waals surface area contributed by atoms with Crippen LogP contribution in [0.2, 0.25) is 0 Å². The lowest BCUT2D eigenvalue weighted by molar-refractivity contribution is -0.331. The van der Waals surface area contributed by atoms with Gasteiger partial charge in [0.15, 0.2) is 0 Å². The van der Waals surface area contributed by atoms with E-state index < -0.39 is 28.3 Å². The number of nitrogens with zero attached hydrogens (tertiary/aromatic N) is 1. The smallest absolute Gasteiger partial charge is 0.255 e. The highest BCUT2D eigenvalue weighted by Crippen LogP contribution is 2.79. The fourth-order valence-corrected chi connectivity index (χ4v) is 10.1. The Balaban J connectivity index is 1.65. The lowest BCUT2D eigenvalue weighted by Crippen LogP contribution is -2.83. The number of piperidine rings is 1. The summed E-state index contributed by atoms with van der Waals surface area (Å²) in [6.07, 6.45) is 1.36. The van der Waals surface area contributed by atoms with E-state index >= 15 is 0 Å². The van der Waals surface area contributed by atoms with E-state index in [1.165, 1.54) is 0 Å². The normalized spacial score (nSPS) is 61.1. The van der Waals surface area contributed by atoms with Crippen molar-refractivity contribution in [3.05, 3.63) is 0 Å². The molecule has 5 aliphatic carbocycles. The number of likely N-dealkylation sites (N-methyl/N-ethyl adjacent to an activating group) is 1. The minimum absolute atomic E-state index is 0.0574. The lowest BCUT2D eigenvalue weighted by atomic mass is 9.43. The van der Waals surface area contributed by atoms with Gasteiger partial charge in [0.1, 0.15) is 16.8 Å². The molecule has 1 spiro atoms. The number of ether oxygens (including phenoxy) is 3. The molecule has 12 atom stereocenters. The Hall–Kier alpha value is -0.770. The number of amides is 1. The maximum absolute atomic E-state index is 13.5. The molecule has 5 saturated carbocycles. The second kappa shape index (κ2) is 6.02. The summed E-state index contributed by atoms with van der Waals surface area (Å²) in [6.45, 7) is 2.39. The zero-order valence-corrected chi connectivity index (χ0v) is 18.8. The van der Waals surface area contributed by atoms with Crippen molar-refractivity contribution in [2.75, 3.05) is 27.9 Å². The number of fused-ring (bicyclic) bond motifs is 2. The summed E-state index contributed by atoms with van der Waals surface area (Å²) in [6, 6.07) is -0.275. The molecule has 174 valence electrons. The van der Waals surface area contributed by atoms with Crippen molar-refractivity contribution in [3.8, 4) is 0 Å². The topological polar surface area (TPSA) is 109 Å². The third-order valence-corrected chi connectivity index (χ3v) is 10.8. The first-order valence-electron chi connectivity index (χ1n) is 11.8. The summed E-state index contributed by atoms with van der Waals surface area (Å²) in [7, 11) is 4.95. The number of carbonyl (C=O) groups is 1. The minimum atomic E-state index is -1.47. The molecule has 0 radical (unpaired) electrons. The van der Waals surface area contributed by atoms with E-state index in [2.05, 4.69) is 0 Å². The van der Waals surface area contributed by atoms with Crippen molar-refractivity contribution in [1.82, 2.24) is 4.90 Å². The van der Waals surface area contributed by atoms with Crippen LogP contribution in [0.15, 0.2) is 0 Å². The van der Waals surface area contributed by atoms with Gasteiger partial charge in [-0.3, -0.25) is 4.79 Å². The quantitative estimate of drug-likeness (QED) is 0.565. The summed E-state index contributed by atoms with van der Waals surface area (Å²) in [5.41, 5.74) is -5.02. The number of rotatable bonds is 4. The second-order valence-corrected chi connectivity index (χ2v) is 11.0. The average molecular weight is 438 g/mol. The van der Waals surface area contributed by atoms with E-state index in [4.69, 9.17) is 14.2 Å². The molecular weight excluding hydrogens is 402 g/mol. The molecule has 0 aromatic heterocycles. The van der Waals surface area contributed by atoms with Crippen LogP contribution in [0.25, 0.3) is 0 Å². The van der Waals surface area contributed by atoms with Crippen LogP contribution >= 0.6 is 0 Å². The van der Waals surface area contributed by atoms with Gasteiger partial charge in [0.25, 0.3) is 5.91 Å². The van der Waals surface area contributed by atoms with Gasteiger partial charge in [-0.15, -0.1) is 0 Å². The maximum Gasteiger partial charge on any atom is 0.255 e. The summed E-state index contributed by atoms with van der Waals surface area (Å²) in [5.74, 6) is -1.34. The van der Waals surface area contributed by atoms with Crippen LogP contribution in [0.5, 0.6) is 0 Å². The Kier molecular flexibility index (Phi) is 4.04. The molecule has 0 unspecified atom stereocenters. The largest absolute Gasteiger partial charge is 0.386 e. The summed E-state index contributed by atoms with van der Waals surface area (Å²) < 4.78 is 17.8. The molecule has 31 heavy (non-hydrogen) atoms. The highest BCUT2D eigenvalue weighted by atomic mass is 16.5. The third kappa shape index (κ3) is 1.82. The second-order valence-electron chi connectivity index (χ2n) is 11.0. The molecule has 0 aromatic rings. The molecule has 1 heterocycles.